The number of benzene rings is 2. The summed E-state index contributed by atoms with van der Waals surface area (Å²) in [4.78, 5) is 38.3. The highest BCUT2D eigenvalue weighted by molar-refractivity contribution is 8.00. The quantitative estimate of drug-likeness (QED) is 0.584. The van der Waals surface area contributed by atoms with E-state index in [1.54, 1.807) is 0 Å². The Morgan fingerprint density at radius 3 is 2.61 bits per heavy atom. The molecule has 0 aromatic heterocycles. The number of amides is 4. The van der Waals surface area contributed by atoms with Gasteiger partial charge in [-0.2, -0.15) is 5.01 Å². The molecule has 1 saturated carbocycles. The normalized spacial score (nSPS) is 18.5. The SMILES string of the molecule is O=C(CSc1cccc2cccc(Cl)c12)NN1C(=O)NC2(CCCCC2)C1=O. The van der Waals surface area contributed by atoms with Gasteiger partial charge >= 0.3 is 6.03 Å². The number of hydrogen-bond acceptors (Lipinski definition) is 4. The number of imide groups is 1. The fraction of sp³-hybridized carbons (Fsp3) is 0.350. The van der Waals surface area contributed by atoms with Crippen LogP contribution in [0.1, 0.15) is 32.1 Å². The fourth-order valence-electron chi connectivity index (χ4n) is 3.90. The summed E-state index contributed by atoms with van der Waals surface area (Å²) in [5.41, 5.74) is 1.61. The second-order valence-electron chi connectivity index (χ2n) is 7.13. The van der Waals surface area contributed by atoms with Crippen LogP contribution in [0.25, 0.3) is 10.8 Å². The van der Waals surface area contributed by atoms with Gasteiger partial charge in [-0.05, 0) is 30.4 Å². The highest BCUT2D eigenvalue weighted by Crippen LogP contribution is 2.34. The molecule has 1 aliphatic carbocycles. The third kappa shape index (κ3) is 3.44. The van der Waals surface area contributed by atoms with E-state index in [0.29, 0.717) is 17.9 Å². The van der Waals surface area contributed by atoms with Crippen LogP contribution in [0.4, 0.5) is 4.79 Å². The highest BCUT2D eigenvalue weighted by atomic mass is 35.5. The van der Waals surface area contributed by atoms with E-state index < -0.39 is 17.5 Å². The lowest BCUT2D eigenvalue weighted by atomic mass is 9.82. The van der Waals surface area contributed by atoms with E-state index in [0.717, 1.165) is 39.9 Å². The second kappa shape index (κ2) is 7.64. The number of fused-ring (bicyclic) bond motifs is 1. The summed E-state index contributed by atoms with van der Waals surface area (Å²) in [6.45, 7) is 0. The summed E-state index contributed by atoms with van der Waals surface area (Å²) >= 11 is 7.64. The first-order valence-corrected chi connectivity index (χ1v) is 10.6. The number of hydrogen-bond donors (Lipinski definition) is 2. The van der Waals surface area contributed by atoms with Crippen LogP contribution < -0.4 is 10.7 Å². The zero-order valence-electron chi connectivity index (χ0n) is 15.2. The van der Waals surface area contributed by atoms with Crippen molar-refractivity contribution >= 4 is 52.0 Å². The molecule has 0 atom stereocenters. The molecule has 2 aliphatic rings. The molecular formula is C20H20ClN3O3S. The predicted octanol–water partition coefficient (Wildman–Crippen LogP) is 3.87. The summed E-state index contributed by atoms with van der Waals surface area (Å²) in [5.74, 6) is -0.705. The van der Waals surface area contributed by atoms with E-state index in [4.69, 9.17) is 11.6 Å². The van der Waals surface area contributed by atoms with Gasteiger partial charge in [0.25, 0.3) is 5.91 Å². The summed E-state index contributed by atoms with van der Waals surface area (Å²) < 4.78 is 0. The van der Waals surface area contributed by atoms with Crippen LogP contribution in [0, 0.1) is 0 Å². The number of hydrazine groups is 1. The summed E-state index contributed by atoms with van der Waals surface area (Å²) in [6.07, 6.45) is 4.08. The molecular weight excluding hydrogens is 398 g/mol. The Morgan fingerprint density at radius 1 is 1.14 bits per heavy atom. The molecule has 1 heterocycles. The van der Waals surface area contributed by atoms with Gasteiger partial charge in [0.15, 0.2) is 0 Å². The minimum Gasteiger partial charge on any atom is -0.322 e. The van der Waals surface area contributed by atoms with E-state index in [-0.39, 0.29) is 11.7 Å². The molecule has 4 rings (SSSR count). The van der Waals surface area contributed by atoms with Gasteiger partial charge in [0.05, 0.1) is 5.75 Å². The summed E-state index contributed by atoms with van der Waals surface area (Å²) in [5, 5.41) is 6.12. The van der Waals surface area contributed by atoms with E-state index in [1.807, 2.05) is 36.4 Å². The Hall–Kier alpha value is -2.25. The van der Waals surface area contributed by atoms with Crippen molar-refractivity contribution < 1.29 is 14.4 Å². The maximum absolute atomic E-state index is 12.7. The molecule has 1 saturated heterocycles. The molecule has 2 fully saturated rings. The standard InChI is InChI=1S/C20H20ClN3O3S/c21-14-8-4-6-13-7-5-9-15(17(13)14)28-12-16(25)23-24-18(26)20(22-19(24)27)10-2-1-3-11-20/h4-9H,1-3,10-12H2,(H,22,27)(H,23,25). The third-order valence-corrected chi connectivity index (χ3v) is 6.65. The molecule has 1 aliphatic heterocycles. The number of halogens is 1. The molecule has 4 amide bonds. The topological polar surface area (TPSA) is 78.5 Å². The van der Waals surface area contributed by atoms with Crippen molar-refractivity contribution in [3.63, 3.8) is 0 Å². The first-order chi connectivity index (χ1) is 13.5. The van der Waals surface area contributed by atoms with Crippen molar-refractivity contribution in [2.75, 3.05) is 5.75 Å². The molecule has 0 unspecified atom stereocenters. The van der Waals surface area contributed by atoms with Gasteiger partial charge in [0.2, 0.25) is 5.91 Å². The van der Waals surface area contributed by atoms with E-state index in [1.165, 1.54) is 11.8 Å². The van der Waals surface area contributed by atoms with Crippen molar-refractivity contribution in [1.29, 1.82) is 0 Å². The Balaban J connectivity index is 1.43. The number of urea groups is 1. The Morgan fingerprint density at radius 2 is 1.86 bits per heavy atom. The van der Waals surface area contributed by atoms with Gasteiger partial charge in [-0.3, -0.25) is 15.0 Å². The van der Waals surface area contributed by atoms with Crippen molar-refractivity contribution in [3.05, 3.63) is 41.4 Å². The number of rotatable bonds is 4. The smallest absolute Gasteiger partial charge is 0.322 e. The molecule has 2 aromatic carbocycles. The first-order valence-electron chi connectivity index (χ1n) is 9.26. The average Bonchev–Trinajstić information content (AvgIpc) is 2.91. The highest BCUT2D eigenvalue weighted by Gasteiger charge is 2.52. The second-order valence-corrected chi connectivity index (χ2v) is 8.56. The Labute approximate surface area is 171 Å². The van der Waals surface area contributed by atoms with Crippen LogP contribution in [0.2, 0.25) is 5.02 Å². The number of thioether (sulfide) groups is 1. The Bertz CT molecular complexity index is 954. The largest absolute Gasteiger partial charge is 0.344 e. The van der Waals surface area contributed by atoms with Crippen LogP contribution in [0.3, 0.4) is 0 Å². The molecule has 2 aromatic rings. The minimum atomic E-state index is -0.848. The van der Waals surface area contributed by atoms with Gasteiger partial charge in [0.1, 0.15) is 5.54 Å². The van der Waals surface area contributed by atoms with Crippen molar-refractivity contribution in [2.24, 2.45) is 0 Å². The van der Waals surface area contributed by atoms with E-state index >= 15 is 0 Å². The summed E-state index contributed by atoms with van der Waals surface area (Å²) in [7, 11) is 0. The molecule has 0 bridgehead atoms. The van der Waals surface area contributed by atoms with Crippen LogP contribution in [-0.2, 0) is 9.59 Å². The lowest BCUT2D eigenvalue weighted by Gasteiger charge is -2.30. The van der Waals surface area contributed by atoms with Crippen molar-refractivity contribution in [3.8, 4) is 0 Å². The predicted molar refractivity (Wildman–Crippen MR) is 109 cm³/mol. The number of carbonyl (C=O) groups is 3. The molecule has 8 heteroatoms. The van der Waals surface area contributed by atoms with Crippen molar-refractivity contribution in [2.45, 2.75) is 42.5 Å². The maximum Gasteiger partial charge on any atom is 0.344 e. The average molecular weight is 418 g/mol. The molecule has 1 spiro atoms. The third-order valence-electron chi connectivity index (χ3n) is 5.28. The molecule has 28 heavy (non-hydrogen) atoms. The van der Waals surface area contributed by atoms with Gasteiger partial charge in [-0.15, -0.1) is 11.8 Å². The molecule has 0 radical (unpaired) electrons. The van der Waals surface area contributed by atoms with Gasteiger partial charge in [-0.1, -0.05) is 55.1 Å². The van der Waals surface area contributed by atoms with E-state index in [2.05, 4.69) is 10.7 Å². The number of carbonyl (C=O) groups excluding carboxylic acids is 3. The van der Waals surface area contributed by atoms with Gasteiger partial charge in [-0.25, -0.2) is 4.79 Å². The monoisotopic (exact) mass is 417 g/mol. The number of nitrogens with zero attached hydrogens (tertiary/aromatic N) is 1. The first kappa shape index (κ1) is 19.1. The number of nitrogens with one attached hydrogen (secondary N) is 2. The van der Waals surface area contributed by atoms with Crippen LogP contribution >= 0.6 is 23.4 Å². The zero-order chi connectivity index (χ0) is 19.7. The van der Waals surface area contributed by atoms with Gasteiger partial charge < -0.3 is 5.32 Å². The Kier molecular flexibility index (Phi) is 5.21. The molecule has 2 N–H and O–H groups in total. The van der Waals surface area contributed by atoms with Gasteiger partial charge in [0, 0.05) is 15.3 Å². The molecule has 6 nitrogen and oxygen atoms in total. The van der Waals surface area contributed by atoms with E-state index in [9.17, 15) is 14.4 Å². The lowest BCUT2D eigenvalue weighted by molar-refractivity contribution is -0.139. The zero-order valence-corrected chi connectivity index (χ0v) is 16.7. The van der Waals surface area contributed by atoms with Crippen LogP contribution in [0.5, 0.6) is 0 Å². The lowest BCUT2D eigenvalue weighted by Crippen LogP contribution is -2.51. The maximum atomic E-state index is 12.7. The summed E-state index contributed by atoms with van der Waals surface area (Å²) in [6, 6.07) is 10.9. The molecule has 146 valence electrons. The fourth-order valence-corrected chi connectivity index (χ4v) is 5.14. The minimum absolute atomic E-state index is 0.0639. The van der Waals surface area contributed by atoms with Crippen LogP contribution in [0.15, 0.2) is 41.3 Å². The van der Waals surface area contributed by atoms with Crippen LogP contribution in [-0.4, -0.2) is 34.1 Å². The van der Waals surface area contributed by atoms with Crippen molar-refractivity contribution in [1.82, 2.24) is 15.8 Å².